The number of ether oxygens (including phenoxy) is 1. The van der Waals surface area contributed by atoms with E-state index in [-0.39, 0.29) is 23.7 Å². The summed E-state index contributed by atoms with van der Waals surface area (Å²) in [4.78, 5) is 14.4. The summed E-state index contributed by atoms with van der Waals surface area (Å²) in [7, 11) is 1.82. The van der Waals surface area contributed by atoms with Gasteiger partial charge in [-0.1, -0.05) is 26.0 Å². The minimum Gasteiger partial charge on any atom is -0.492 e. The molecule has 1 aromatic carbocycles. The van der Waals surface area contributed by atoms with Gasteiger partial charge in [0.05, 0.1) is 12.2 Å². The van der Waals surface area contributed by atoms with Crippen molar-refractivity contribution in [3.05, 3.63) is 29.8 Å². The first kappa shape index (κ1) is 18.8. The van der Waals surface area contributed by atoms with Crippen molar-refractivity contribution in [3.63, 3.8) is 0 Å². The van der Waals surface area contributed by atoms with Gasteiger partial charge in [0.2, 0.25) is 0 Å². The summed E-state index contributed by atoms with van der Waals surface area (Å²) in [5, 5.41) is 0. The highest BCUT2D eigenvalue weighted by molar-refractivity contribution is 5.96. The van der Waals surface area contributed by atoms with Crippen LogP contribution < -0.4 is 10.5 Å². The van der Waals surface area contributed by atoms with Gasteiger partial charge in [-0.25, -0.2) is 0 Å². The van der Waals surface area contributed by atoms with E-state index < -0.39 is 0 Å². The molecule has 0 bridgehead atoms. The molecule has 0 aromatic heterocycles. The fraction of sp³-hybridized carbons (Fsp3) is 0.588. The minimum absolute atomic E-state index is 0. The van der Waals surface area contributed by atoms with Gasteiger partial charge in [0.1, 0.15) is 5.75 Å². The summed E-state index contributed by atoms with van der Waals surface area (Å²) in [5.74, 6) is 1.34. The van der Waals surface area contributed by atoms with Gasteiger partial charge in [0.15, 0.2) is 0 Å². The number of para-hydroxylation sites is 1. The lowest BCUT2D eigenvalue weighted by Crippen LogP contribution is -2.39. The molecule has 5 heteroatoms. The number of benzene rings is 1. The van der Waals surface area contributed by atoms with E-state index >= 15 is 0 Å². The molecule has 1 amide bonds. The Labute approximate surface area is 139 Å². The SMILES string of the molecule is CN(CC(C)(C)CN)C(=O)c1ccccc1OCC1CC1.Cl. The Morgan fingerprint density at radius 3 is 2.59 bits per heavy atom. The van der Waals surface area contributed by atoms with Crippen molar-refractivity contribution in [3.8, 4) is 5.75 Å². The third-order valence-corrected chi connectivity index (χ3v) is 3.85. The largest absolute Gasteiger partial charge is 0.492 e. The summed E-state index contributed by atoms with van der Waals surface area (Å²) in [6, 6.07) is 7.48. The van der Waals surface area contributed by atoms with E-state index in [9.17, 15) is 4.79 Å². The molecule has 1 aliphatic rings. The normalized spacial score (nSPS) is 14.2. The number of rotatable bonds is 7. The highest BCUT2D eigenvalue weighted by atomic mass is 35.5. The van der Waals surface area contributed by atoms with E-state index in [0.717, 1.165) is 0 Å². The van der Waals surface area contributed by atoms with E-state index in [0.29, 0.717) is 36.9 Å². The third kappa shape index (κ3) is 5.18. The summed E-state index contributed by atoms with van der Waals surface area (Å²) < 4.78 is 5.82. The maximum Gasteiger partial charge on any atom is 0.257 e. The lowest BCUT2D eigenvalue weighted by Gasteiger charge is -2.29. The van der Waals surface area contributed by atoms with Crippen LogP contribution in [0.2, 0.25) is 0 Å². The van der Waals surface area contributed by atoms with Gasteiger partial charge in [0.25, 0.3) is 5.91 Å². The van der Waals surface area contributed by atoms with Crippen molar-refractivity contribution in [1.29, 1.82) is 0 Å². The van der Waals surface area contributed by atoms with Crippen molar-refractivity contribution in [1.82, 2.24) is 4.90 Å². The predicted molar refractivity (Wildman–Crippen MR) is 91.7 cm³/mol. The van der Waals surface area contributed by atoms with Crippen LogP contribution in [0.3, 0.4) is 0 Å². The van der Waals surface area contributed by atoms with Crippen molar-refractivity contribution in [2.75, 3.05) is 26.7 Å². The zero-order valence-electron chi connectivity index (χ0n) is 13.7. The maximum atomic E-state index is 12.6. The molecule has 0 saturated heterocycles. The fourth-order valence-corrected chi connectivity index (χ4v) is 2.25. The molecule has 0 aliphatic heterocycles. The average Bonchev–Trinajstić information content (AvgIpc) is 3.28. The van der Waals surface area contributed by atoms with Gasteiger partial charge in [-0.15, -0.1) is 12.4 Å². The van der Waals surface area contributed by atoms with Crippen LogP contribution in [0.15, 0.2) is 24.3 Å². The summed E-state index contributed by atoms with van der Waals surface area (Å²) in [6.07, 6.45) is 2.47. The van der Waals surface area contributed by atoms with Crippen molar-refractivity contribution >= 4 is 18.3 Å². The topological polar surface area (TPSA) is 55.6 Å². The van der Waals surface area contributed by atoms with Crippen LogP contribution >= 0.6 is 12.4 Å². The van der Waals surface area contributed by atoms with Crippen molar-refractivity contribution < 1.29 is 9.53 Å². The molecule has 0 spiro atoms. The zero-order valence-corrected chi connectivity index (χ0v) is 14.5. The van der Waals surface area contributed by atoms with Crippen molar-refractivity contribution in [2.45, 2.75) is 26.7 Å². The van der Waals surface area contributed by atoms with Gasteiger partial charge >= 0.3 is 0 Å². The highest BCUT2D eigenvalue weighted by Gasteiger charge is 2.25. The quantitative estimate of drug-likeness (QED) is 0.838. The predicted octanol–water partition coefficient (Wildman–Crippen LogP) is 2.95. The molecule has 2 rings (SSSR count). The summed E-state index contributed by atoms with van der Waals surface area (Å²) in [5.41, 5.74) is 6.29. The number of halogens is 1. The Bertz CT molecular complexity index is 501. The second-order valence-electron chi connectivity index (χ2n) is 6.78. The molecule has 1 saturated carbocycles. The number of carbonyl (C=O) groups excluding carboxylic acids is 1. The molecule has 0 radical (unpaired) electrons. The van der Waals surface area contributed by atoms with Gasteiger partial charge in [-0.2, -0.15) is 0 Å². The molecule has 0 atom stereocenters. The average molecular weight is 327 g/mol. The van der Waals surface area contributed by atoms with Crippen LogP contribution in [0, 0.1) is 11.3 Å². The van der Waals surface area contributed by atoms with Crippen LogP contribution in [-0.2, 0) is 0 Å². The van der Waals surface area contributed by atoms with E-state index in [1.807, 2.05) is 31.3 Å². The highest BCUT2D eigenvalue weighted by Crippen LogP contribution is 2.30. The number of carbonyl (C=O) groups is 1. The summed E-state index contributed by atoms with van der Waals surface area (Å²) >= 11 is 0. The standard InChI is InChI=1S/C17H26N2O2.ClH/c1-17(2,11-18)12-19(3)16(20)14-6-4-5-7-15(14)21-10-13-8-9-13;/h4-7,13H,8-12,18H2,1-3H3;1H. The van der Waals surface area contributed by atoms with Gasteiger partial charge in [-0.3, -0.25) is 4.79 Å². The number of hydrogen-bond donors (Lipinski definition) is 1. The van der Waals surface area contributed by atoms with E-state index in [2.05, 4.69) is 13.8 Å². The van der Waals surface area contributed by atoms with Crippen molar-refractivity contribution in [2.24, 2.45) is 17.1 Å². The van der Waals surface area contributed by atoms with Crippen LogP contribution in [0.5, 0.6) is 5.75 Å². The molecule has 0 heterocycles. The van der Waals surface area contributed by atoms with Gasteiger partial charge in [0, 0.05) is 13.6 Å². The molecule has 22 heavy (non-hydrogen) atoms. The second kappa shape index (κ2) is 7.84. The third-order valence-electron chi connectivity index (χ3n) is 3.85. The molecule has 1 aliphatic carbocycles. The molecule has 1 aromatic rings. The maximum absolute atomic E-state index is 12.6. The first-order chi connectivity index (χ1) is 9.93. The monoisotopic (exact) mass is 326 g/mol. The van der Waals surface area contributed by atoms with Crippen LogP contribution in [0.1, 0.15) is 37.0 Å². The Kier molecular flexibility index (Phi) is 6.69. The molecular weight excluding hydrogens is 300 g/mol. The number of amides is 1. The number of hydrogen-bond acceptors (Lipinski definition) is 3. The van der Waals surface area contributed by atoms with Crippen LogP contribution in [0.4, 0.5) is 0 Å². The Balaban J connectivity index is 0.00000242. The lowest BCUT2D eigenvalue weighted by atomic mass is 9.93. The zero-order chi connectivity index (χ0) is 15.5. The van der Waals surface area contributed by atoms with E-state index in [1.165, 1.54) is 12.8 Å². The number of nitrogens with two attached hydrogens (primary N) is 1. The van der Waals surface area contributed by atoms with Gasteiger partial charge in [-0.05, 0) is 42.9 Å². The fourth-order valence-electron chi connectivity index (χ4n) is 2.25. The Morgan fingerprint density at radius 2 is 2.00 bits per heavy atom. The molecule has 124 valence electrons. The Morgan fingerprint density at radius 1 is 1.36 bits per heavy atom. The van der Waals surface area contributed by atoms with Gasteiger partial charge < -0.3 is 15.4 Å². The second-order valence-corrected chi connectivity index (χ2v) is 6.78. The Hall–Kier alpha value is -1.26. The molecular formula is C17H27ClN2O2. The van der Waals surface area contributed by atoms with Crippen LogP contribution in [-0.4, -0.2) is 37.6 Å². The van der Waals surface area contributed by atoms with E-state index in [4.69, 9.17) is 10.5 Å². The van der Waals surface area contributed by atoms with E-state index in [1.54, 1.807) is 4.90 Å². The first-order valence-corrected chi connectivity index (χ1v) is 7.60. The molecule has 1 fully saturated rings. The molecule has 2 N–H and O–H groups in total. The summed E-state index contributed by atoms with van der Waals surface area (Å²) in [6.45, 7) is 6.00. The first-order valence-electron chi connectivity index (χ1n) is 7.60. The molecule has 4 nitrogen and oxygen atoms in total. The lowest BCUT2D eigenvalue weighted by molar-refractivity contribution is 0.0736. The molecule has 0 unspecified atom stereocenters. The number of nitrogens with zero attached hydrogens (tertiary/aromatic N) is 1. The minimum atomic E-state index is -0.0891. The smallest absolute Gasteiger partial charge is 0.257 e. The van der Waals surface area contributed by atoms with Crippen LogP contribution in [0.25, 0.3) is 0 Å².